The van der Waals surface area contributed by atoms with Crippen LogP contribution >= 0.6 is 0 Å². The number of nitrogens with one attached hydrogen (secondary N) is 4. The van der Waals surface area contributed by atoms with Gasteiger partial charge in [0.1, 0.15) is 24.7 Å². The normalized spacial score (nSPS) is 12.1. The third-order valence-corrected chi connectivity index (χ3v) is 5.25. The molecule has 176 valence electrons. The molecule has 1 aliphatic heterocycles. The number of imidazole rings is 1. The monoisotopic (exact) mass is 471 g/mol. The minimum Gasteiger partial charge on any atom is -0.486 e. The highest BCUT2D eigenvalue weighted by atomic mass is 16.6. The molecule has 3 heterocycles. The van der Waals surface area contributed by atoms with E-state index in [9.17, 15) is 9.59 Å². The number of nitrogens with two attached hydrogens (primary N) is 1. The van der Waals surface area contributed by atoms with Crippen LogP contribution in [-0.4, -0.2) is 40.0 Å². The van der Waals surface area contributed by atoms with Gasteiger partial charge in [0.05, 0.1) is 16.9 Å². The molecule has 2 amide bonds. The number of carbonyl (C=O) groups excluding carboxylic acids is 2. The first-order chi connectivity index (χ1) is 17.0. The Balaban J connectivity index is 1.28. The lowest BCUT2D eigenvalue weighted by molar-refractivity contribution is 0.0960. The largest absolute Gasteiger partial charge is 0.486 e. The molecule has 0 unspecified atom stereocenters. The van der Waals surface area contributed by atoms with E-state index in [1.807, 2.05) is 12.1 Å². The highest BCUT2D eigenvalue weighted by Crippen LogP contribution is 2.34. The quantitative estimate of drug-likeness (QED) is 0.269. The van der Waals surface area contributed by atoms with Crippen molar-refractivity contribution in [3.63, 3.8) is 0 Å². The van der Waals surface area contributed by atoms with E-state index in [-0.39, 0.29) is 22.8 Å². The molecule has 11 nitrogen and oxygen atoms in total. The number of aromatic nitrogens is 3. The van der Waals surface area contributed by atoms with Gasteiger partial charge in [0.2, 0.25) is 5.95 Å². The van der Waals surface area contributed by atoms with Gasteiger partial charge in [0.15, 0.2) is 11.5 Å². The maximum atomic E-state index is 12.8. The molecule has 6 N–H and O–H groups in total. The summed E-state index contributed by atoms with van der Waals surface area (Å²) in [5.74, 6) is 0.829. The maximum absolute atomic E-state index is 12.8. The molecule has 5 rings (SSSR count). The van der Waals surface area contributed by atoms with Crippen molar-refractivity contribution in [2.24, 2.45) is 0 Å². The molecule has 0 bridgehead atoms. The molecule has 0 radical (unpaired) electrons. The second-order valence-electron chi connectivity index (χ2n) is 7.63. The Morgan fingerprint density at radius 1 is 1.00 bits per heavy atom. The van der Waals surface area contributed by atoms with Gasteiger partial charge in [-0.1, -0.05) is 12.6 Å². The molecular weight excluding hydrogens is 450 g/mol. The number of ether oxygens (including phenoxy) is 2. The number of H-pyrrole nitrogens is 1. The fourth-order valence-electron chi connectivity index (χ4n) is 3.58. The minimum atomic E-state index is -0.468. The van der Waals surface area contributed by atoms with Crippen molar-refractivity contribution in [1.29, 1.82) is 0 Å². The number of hydrogen-bond donors (Lipinski definition) is 5. The summed E-state index contributed by atoms with van der Waals surface area (Å²) in [6.07, 6.45) is 4.70. The Bertz CT molecular complexity index is 1450. The van der Waals surface area contributed by atoms with E-state index in [0.29, 0.717) is 36.3 Å². The van der Waals surface area contributed by atoms with Crippen LogP contribution < -0.4 is 31.2 Å². The predicted molar refractivity (Wildman–Crippen MR) is 130 cm³/mol. The zero-order valence-corrected chi connectivity index (χ0v) is 18.4. The highest BCUT2D eigenvalue weighted by molar-refractivity contribution is 6.08. The van der Waals surface area contributed by atoms with Crippen molar-refractivity contribution in [2.45, 2.75) is 0 Å². The number of carbonyl (C=O) groups is 2. The number of benzene rings is 2. The molecular formula is C24H21N7O4. The van der Waals surface area contributed by atoms with Crippen LogP contribution in [0.2, 0.25) is 0 Å². The van der Waals surface area contributed by atoms with Crippen LogP contribution in [0.5, 0.6) is 11.5 Å². The summed E-state index contributed by atoms with van der Waals surface area (Å²) in [5.41, 5.74) is 7.19. The number of rotatable bonds is 6. The van der Waals surface area contributed by atoms with Crippen LogP contribution in [-0.2, 0) is 0 Å². The molecule has 1 aliphatic rings. The summed E-state index contributed by atoms with van der Waals surface area (Å²) >= 11 is 0. The van der Waals surface area contributed by atoms with E-state index in [4.69, 9.17) is 15.2 Å². The topological polar surface area (TPSA) is 156 Å². The average Bonchev–Trinajstić information content (AvgIpc) is 3.36. The van der Waals surface area contributed by atoms with E-state index in [1.165, 1.54) is 6.20 Å². The zero-order valence-electron chi connectivity index (χ0n) is 18.4. The Morgan fingerprint density at radius 3 is 2.51 bits per heavy atom. The van der Waals surface area contributed by atoms with Crippen molar-refractivity contribution >= 4 is 39.9 Å². The van der Waals surface area contributed by atoms with Crippen LogP contribution in [0.1, 0.15) is 20.8 Å². The summed E-state index contributed by atoms with van der Waals surface area (Å²) in [4.78, 5) is 36.3. The van der Waals surface area contributed by atoms with Crippen LogP contribution in [0, 0.1) is 0 Å². The van der Waals surface area contributed by atoms with Gasteiger partial charge in [-0.3, -0.25) is 19.9 Å². The molecule has 0 spiro atoms. The second kappa shape index (κ2) is 9.06. The molecule has 0 fully saturated rings. The molecule has 35 heavy (non-hydrogen) atoms. The first-order valence-corrected chi connectivity index (χ1v) is 10.6. The fourth-order valence-corrected chi connectivity index (χ4v) is 3.58. The van der Waals surface area contributed by atoms with Gasteiger partial charge < -0.3 is 30.8 Å². The number of pyridine rings is 1. The lowest BCUT2D eigenvalue weighted by Crippen LogP contribution is -2.27. The molecule has 0 atom stereocenters. The van der Waals surface area contributed by atoms with Gasteiger partial charge in [-0.15, -0.1) is 0 Å². The van der Waals surface area contributed by atoms with E-state index >= 15 is 0 Å². The van der Waals surface area contributed by atoms with Gasteiger partial charge in [-0.25, -0.2) is 4.98 Å². The van der Waals surface area contributed by atoms with Crippen molar-refractivity contribution in [3.8, 4) is 11.5 Å². The van der Waals surface area contributed by atoms with Crippen LogP contribution in [0.15, 0.2) is 67.4 Å². The van der Waals surface area contributed by atoms with Crippen LogP contribution in [0.4, 0.5) is 17.3 Å². The first kappa shape index (κ1) is 21.8. The SMILES string of the molecule is C=C(NC(=O)c1cc2cc3c(cc2cn1)OCCO3)Nc1cccc(C(=O)Nc2ncc[nH]2)c1N. The number of aromatic amines is 1. The van der Waals surface area contributed by atoms with Gasteiger partial charge in [0, 0.05) is 24.0 Å². The second-order valence-corrected chi connectivity index (χ2v) is 7.63. The van der Waals surface area contributed by atoms with Gasteiger partial charge in [0.25, 0.3) is 11.8 Å². The number of fused-ring (bicyclic) bond motifs is 2. The van der Waals surface area contributed by atoms with Crippen molar-refractivity contribution in [3.05, 3.63) is 78.6 Å². The highest BCUT2D eigenvalue weighted by Gasteiger charge is 2.17. The molecule has 0 aliphatic carbocycles. The minimum absolute atomic E-state index is 0.161. The number of nitrogens with zero attached hydrogens (tertiary/aromatic N) is 2. The summed E-state index contributed by atoms with van der Waals surface area (Å²) in [6, 6.07) is 10.2. The zero-order chi connectivity index (χ0) is 24.4. The Morgan fingerprint density at radius 2 is 1.77 bits per heavy atom. The smallest absolute Gasteiger partial charge is 0.275 e. The fraction of sp³-hybridized carbons (Fsp3) is 0.0833. The number of nitrogen functional groups attached to an aromatic ring is 1. The summed E-state index contributed by atoms with van der Waals surface area (Å²) in [6.45, 7) is 4.79. The number of hydrogen-bond acceptors (Lipinski definition) is 8. The molecule has 2 aromatic heterocycles. The van der Waals surface area contributed by atoms with Crippen LogP contribution in [0.25, 0.3) is 10.8 Å². The summed E-state index contributed by atoms with van der Waals surface area (Å²) in [7, 11) is 0. The Labute approximate surface area is 199 Å². The van der Waals surface area contributed by atoms with Crippen molar-refractivity contribution in [2.75, 3.05) is 29.6 Å². The third-order valence-electron chi connectivity index (χ3n) is 5.25. The first-order valence-electron chi connectivity index (χ1n) is 10.6. The van der Waals surface area contributed by atoms with E-state index in [0.717, 1.165) is 10.8 Å². The average molecular weight is 471 g/mol. The lowest BCUT2D eigenvalue weighted by atomic mass is 10.1. The standard InChI is InChI=1S/C24H21N7O4/c1-13(29-17-4-2-3-16(21(17)25)22(32)31-24-26-5-6-27-24)30-23(33)18-9-14-10-19-20(35-8-7-34-19)11-15(14)12-28-18/h2-6,9-12,29H,1,7-8,25H2,(H,30,33)(H2,26,27,31,32). The maximum Gasteiger partial charge on any atom is 0.275 e. The van der Waals surface area contributed by atoms with E-state index < -0.39 is 11.8 Å². The number of para-hydroxylation sites is 1. The molecule has 0 saturated carbocycles. The number of amides is 2. The molecule has 4 aromatic rings. The molecule has 2 aromatic carbocycles. The van der Waals surface area contributed by atoms with Crippen LogP contribution in [0.3, 0.4) is 0 Å². The van der Waals surface area contributed by atoms with E-state index in [2.05, 4.69) is 37.5 Å². The van der Waals surface area contributed by atoms with Gasteiger partial charge in [-0.05, 0) is 35.7 Å². The lowest BCUT2D eigenvalue weighted by Gasteiger charge is -2.19. The van der Waals surface area contributed by atoms with E-state index in [1.54, 1.807) is 36.7 Å². The van der Waals surface area contributed by atoms with Crippen molar-refractivity contribution in [1.82, 2.24) is 20.3 Å². The molecule has 11 heteroatoms. The Kier molecular flexibility index (Phi) is 5.63. The van der Waals surface area contributed by atoms with Crippen molar-refractivity contribution < 1.29 is 19.1 Å². The number of anilines is 3. The predicted octanol–water partition coefficient (Wildman–Crippen LogP) is 2.88. The summed E-state index contributed by atoms with van der Waals surface area (Å²) in [5, 5.41) is 9.79. The van der Waals surface area contributed by atoms with Gasteiger partial charge in [-0.2, -0.15) is 0 Å². The molecule has 0 saturated heterocycles. The third kappa shape index (κ3) is 4.55. The summed E-state index contributed by atoms with van der Waals surface area (Å²) < 4.78 is 11.2. The van der Waals surface area contributed by atoms with Gasteiger partial charge >= 0.3 is 0 Å². The Hall–Kier alpha value is -5.06.